The molecule has 0 spiro atoms. The lowest BCUT2D eigenvalue weighted by Crippen LogP contribution is -2.04. The molecule has 0 aliphatic heterocycles. The number of pyridine rings is 1. The van der Waals surface area contributed by atoms with Gasteiger partial charge in [-0.25, -0.2) is 4.98 Å². The fourth-order valence-corrected chi connectivity index (χ4v) is 2.98. The van der Waals surface area contributed by atoms with Crippen molar-refractivity contribution < 1.29 is 4.74 Å². The van der Waals surface area contributed by atoms with E-state index in [0.29, 0.717) is 22.4 Å². The summed E-state index contributed by atoms with van der Waals surface area (Å²) >= 11 is 0. The fourth-order valence-electron chi connectivity index (χ4n) is 2.98. The van der Waals surface area contributed by atoms with Gasteiger partial charge in [0.15, 0.2) is 6.61 Å². The number of aromatic nitrogens is 1. The highest BCUT2D eigenvalue weighted by Gasteiger charge is 2.21. The van der Waals surface area contributed by atoms with Crippen LogP contribution in [-0.2, 0) is 0 Å². The van der Waals surface area contributed by atoms with E-state index in [1.165, 1.54) is 0 Å². The maximum Gasteiger partial charge on any atom is 0.174 e. The second-order valence-electron chi connectivity index (χ2n) is 5.63. The molecule has 0 unspecified atom stereocenters. The number of hydrogen-bond donors (Lipinski definition) is 1. The molecular formula is C21H16N4O. The summed E-state index contributed by atoms with van der Waals surface area (Å²) in [6, 6.07) is 21.2. The Morgan fingerprint density at radius 3 is 2.38 bits per heavy atom. The number of hydrogen-bond acceptors (Lipinski definition) is 5. The molecule has 5 nitrogen and oxygen atoms in total. The predicted molar refractivity (Wildman–Crippen MR) is 100 cm³/mol. The average Bonchev–Trinajstić information content (AvgIpc) is 2.67. The normalized spacial score (nSPS) is 9.96. The first-order valence-corrected chi connectivity index (χ1v) is 8.02. The summed E-state index contributed by atoms with van der Waals surface area (Å²) in [5, 5.41) is 18.6. The van der Waals surface area contributed by atoms with E-state index >= 15 is 0 Å². The second-order valence-corrected chi connectivity index (χ2v) is 5.63. The van der Waals surface area contributed by atoms with Gasteiger partial charge in [0.05, 0.1) is 0 Å². The molecule has 126 valence electrons. The smallest absolute Gasteiger partial charge is 0.174 e. The van der Waals surface area contributed by atoms with Gasteiger partial charge in [-0.05, 0) is 18.6 Å². The second kappa shape index (κ2) is 7.38. The van der Waals surface area contributed by atoms with Crippen LogP contribution in [-0.4, -0.2) is 11.6 Å². The first-order valence-electron chi connectivity index (χ1n) is 8.02. The number of anilines is 1. The Bertz CT molecular complexity index is 1030. The molecule has 0 saturated heterocycles. The van der Waals surface area contributed by atoms with Gasteiger partial charge in [0.2, 0.25) is 0 Å². The van der Waals surface area contributed by atoms with E-state index in [2.05, 4.69) is 11.1 Å². The van der Waals surface area contributed by atoms with Crippen LogP contribution in [0.5, 0.6) is 5.75 Å². The standard InChI is InChI=1S/C21H16N4O/c1-14-19(15-7-3-2-4-8-15)20(17(13-23)21(24)25-14)16-9-5-6-10-18(16)26-12-11-22/h2-10H,12H2,1H3,(H2,24,25). The SMILES string of the molecule is Cc1nc(N)c(C#N)c(-c2ccccc2OCC#N)c1-c1ccccc1. The number of nitrogens with zero attached hydrogens (tertiary/aromatic N) is 3. The van der Waals surface area contributed by atoms with Crippen molar-refractivity contribution in [1.82, 2.24) is 4.98 Å². The quantitative estimate of drug-likeness (QED) is 0.772. The topological polar surface area (TPSA) is 95.7 Å². The molecule has 0 amide bonds. The molecule has 3 aromatic rings. The molecule has 0 saturated carbocycles. The molecule has 0 aliphatic rings. The Balaban J connectivity index is 2.38. The van der Waals surface area contributed by atoms with Crippen LogP contribution in [0.1, 0.15) is 11.3 Å². The summed E-state index contributed by atoms with van der Waals surface area (Å²) in [5.74, 6) is 0.697. The van der Waals surface area contributed by atoms with Crippen molar-refractivity contribution in [3.05, 3.63) is 65.9 Å². The lowest BCUT2D eigenvalue weighted by Gasteiger charge is -2.18. The molecule has 0 fully saturated rings. The molecule has 2 aromatic carbocycles. The maximum atomic E-state index is 9.73. The molecule has 0 radical (unpaired) electrons. The summed E-state index contributed by atoms with van der Waals surface area (Å²) in [6.07, 6.45) is 0. The third kappa shape index (κ3) is 3.07. The van der Waals surface area contributed by atoms with Crippen molar-refractivity contribution in [3.63, 3.8) is 0 Å². The van der Waals surface area contributed by atoms with E-state index < -0.39 is 0 Å². The van der Waals surface area contributed by atoms with Crippen LogP contribution in [0.25, 0.3) is 22.3 Å². The summed E-state index contributed by atoms with van der Waals surface area (Å²) < 4.78 is 5.58. The summed E-state index contributed by atoms with van der Waals surface area (Å²) in [4.78, 5) is 4.36. The molecule has 0 bridgehead atoms. The van der Waals surface area contributed by atoms with Gasteiger partial charge in [0, 0.05) is 22.4 Å². The Labute approximate surface area is 151 Å². The van der Waals surface area contributed by atoms with Crippen LogP contribution in [0.15, 0.2) is 54.6 Å². The van der Waals surface area contributed by atoms with Gasteiger partial charge < -0.3 is 10.5 Å². The highest BCUT2D eigenvalue weighted by atomic mass is 16.5. The van der Waals surface area contributed by atoms with Gasteiger partial charge in [-0.15, -0.1) is 0 Å². The summed E-state index contributed by atoms with van der Waals surface area (Å²) in [7, 11) is 0. The number of aryl methyl sites for hydroxylation is 1. The number of benzene rings is 2. The van der Waals surface area contributed by atoms with Crippen LogP contribution < -0.4 is 10.5 Å². The Morgan fingerprint density at radius 2 is 1.69 bits per heavy atom. The molecule has 3 rings (SSSR count). The predicted octanol–water partition coefficient (Wildman–Crippen LogP) is 4.08. The Morgan fingerprint density at radius 1 is 1.00 bits per heavy atom. The first-order chi connectivity index (χ1) is 12.7. The minimum atomic E-state index is -0.0842. The minimum absolute atomic E-state index is 0.0842. The molecule has 1 heterocycles. The molecule has 26 heavy (non-hydrogen) atoms. The zero-order valence-corrected chi connectivity index (χ0v) is 14.2. The van der Waals surface area contributed by atoms with Crippen molar-refractivity contribution in [2.75, 3.05) is 12.3 Å². The summed E-state index contributed by atoms with van der Waals surface area (Å²) in [6.45, 7) is 1.78. The van der Waals surface area contributed by atoms with Gasteiger partial charge in [-0.3, -0.25) is 0 Å². The molecule has 1 aromatic heterocycles. The zero-order valence-electron chi connectivity index (χ0n) is 14.2. The molecule has 5 heteroatoms. The summed E-state index contributed by atoms with van der Waals surface area (Å²) in [5.41, 5.74) is 10.2. The van der Waals surface area contributed by atoms with E-state index in [1.54, 1.807) is 6.07 Å². The largest absolute Gasteiger partial charge is 0.478 e. The zero-order chi connectivity index (χ0) is 18.5. The van der Waals surface area contributed by atoms with Crippen molar-refractivity contribution in [2.24, 2.45) is 0 Å². The van der Waals surface area contributed by atoms with Gasteiger partial charge in [0.1, 0.15) is 29.3 Å². The van der Waals surface area contributed by atoms with E-state index in [4.69, 9.17) is 15.7 Å². The monoisotopic (exact) mass is 340 g/mol. The Hall–Kier alpha value is -3.83. The number of ether oxygens (including phenoxy) is 1. The fraction of sp³-hybridized carbons (Fsp3) is 0.0952. The van der Waals surface area contributed by atoms with Gasteiger partial charge in [0.25, 0.3) is 0 Å². The van der Waals surface area contributed by atoms with Gasteiger partial charge >= 0.3 is 0 Å². The van der Waals surface area contributed by atoms with E-state index in [0.717, 1.165) is 16.8 Å². The lowest BCUT2D eigenvalue weighted by molar-refractivity contribution is 0.369. The molecule has 0 aliphatic carbocycles. The highest BCUT2D eigenvalue weighted by Crippen LogP contribution is 2.42. The first kappa shape index (κ1) is 17.0. The number of nitriles is 2. The van der Waals surface area contributed by atoms with Crippen molar-refractivity contribution in [1.29, 1.82) is 10.5 Å². The number of nitrogens with two attached hydrogens (primary N) is 1. The van der Waals surface area contributed by atoms with Gasteiger partial charge in [-0.2, -0.15) is 10.5 Å². The molecular weight excluding hydrogens is 324 g/mol. The lowest BCUT2D eigenvalue weighted by atomic mass is 9.89. The van der Waals surface area contributed by atoms with Gasteiger partial charge in [-0.1, -0.05) is 48.5 Å². The number of nitrogen functional groups attached to an aromatic ring is 1. The van der Waals surface area contributed by atoms with Crippen LogP contribution in [0, 0.1) is 29.6 Å². The molecule has 2 N–H and O–H groups in total. The maximum absolute atomic E-state index is 9.73. The number of rotatable bonds is 4. The van der Waals surface area contributed by atoms with E-state index in [-0.39, 0.29) is 12.4 Å². The van der Waals surface area contributed by atoms with E-state index in [9.17, 15) is 5.26 Å². The van der Waals surface area contributed by atoms with E-state index in [1.807, 2.05) is 61.5 Å². The molecule has 0 atom stereocenters. The Kier molecular flexibility index (Phi) is 4.83. The van der Waals surface area contributed by atoms with Crippen molar-refractivity contribution in [2.45, 2.75) is 6.92 Å². The van der Waals surface area contributed by atoms with Crippen molar-refractivity contribution in [3.8, 4) is 40.1 Å². The van der Waals surface area contributed by atoms with Crippen LogP contribution >= 0.6 is 0 Å². The average molecular weight is 340 g/mol. The highest BCUT2D eigenvalue weighted by molar-refractivity contribution is 5.93. The van der Waals surface area contributed by atoms with Crippen molar-refractivity contribution >= 4 is 5.82 Å². The third-order valence-electron chi connectivity index (χ3n) is 4.03. The number of para-hydroxylation sites is 1. The van der Waals surface area contributed by atoms with Crippen LogP contribution in [0.3, 0.4) is 0 Å². The van der Waals surface area contributed by atoms with Crippen LogP contribution in [0.4, 0.5) is 5.82 Å². The third-order valence-corrected chi connectivity index (χ3v) is 4.03. The van der Waals surface area contributed by atoms with Crippen LogP contribution in [0.2, 0.25) is 0 Å². The minimum Gasteiger partial charge on any atom is -0.478 e.